The van der Waals surface area contributed by atoms with Crippen LogP contribution < -0.4 is 10.1 Å². The predicted molar refractivity (Wildman–Crippen MR) is 100 cm³/mol. The van der Waals surface area contributed by atoms with Crippen LogP contribution in [-0.4, -0.2) is 60.7 Å². The first kappa shape index (κ1) is 21.6. The molecule has 10 heteroatoms. The van der Waals surface area contributed by atoms with Crippen LogP contribution >= 0.6 is 0 Å². The lowest BCUT2D eigenvalue weighted by molar-refractivity contribution is -0.274. The number of hydrogen-bond donors (Lipinski definition) is 1. The quantitative estimate of drug-likeness (QED) is 0.748. The molecule has 0 radical (unpaired) electrons. The number of hydrogen-bond acceptors (Lipinski definition) is 4. The zero-order chi connectivity index (χ0) is 21.7. The number of benzene rings is 2. The highest BCUT2D eigenvalue weighted by molar-refractivity contribution is 5.94. The number of carbonyl (C=O) groups excluding carboxylic acids is 2. The molecule has 0 spiro atoms. The Balaban J connectivity index is 1.47. The average molecular weight is 425 g/mol. The van der Waals surface area contributed by atoms with Crippen LogP contribution in [0.25, 0.3) is 0 Å². The Labute approximate surface area is 170 Å². The zero-order valence-electron chi connectivity index (χ0n) is 15.8. The van der Waals surface area contributed by atoms with E-state index in [1.807, 2.05) is 4.90 Å². The molecule has 1 aliphatic heterocycles. The van der Waals surface area contributed by atoms with Crippen molar-refractivity contribution in [3.05, 3.63) is 59.9 Å². The van der Waals surface area contributed by atoms with E-state index in [-0.39, 0.29) is 23.9 Å². The Morgan fingerprint density at radius 3 is 2.10 bits per heavy atom. The second-order valence-corrected chi connectivity index (χ2v) is 6.70. The monoisotopic (exact) mass is 425 g/mol. The molecule has 1 aliphatic rings. The van der Waals surface area contributed by atoms with Crippen LogP contribution in [0.15, 0.2) is 48.5 Å². The number of nitrogens with zero attached hydrogens (tertiary/aromatic N) is 2. The van der Waals surface area contributed by atoms with Crippen LogP contribution in [-0.2, 0) is 4.79 Å². The lowest BCUT2D eigenvalue weighted by Crippen LogP contribution is -2.50. The van der Waals surface area contributed by atoms with Gasteiger partial charge in [-0.15, -0.1) is 13.2 Å². The molecule has 0 saturated carbocycles. The van der Waals surface area contributed by atoms with Crippen LogP contribution in [0, 0.1) is 5.82 Å². The van der Waals surface area contributed by atoms with E-state index in [9.17, 15) is 27.2 Å². The summed E-state index contributed by atoms with van der Waals surface area (Å²) in [6, 6.07) is 10.2. The largest absolute Gasteiger partial charge is 0.573 e. The molecule has 160 valence electrons. The van der Waals surface area contributed by atoms with E-state index in [0.717, 1.165) is 12.1 Å². The highest BCUT2D eigenvalue weighted by Crippen LogP contribution is 2.23. The number of nitrogens with one attached hydrogen (secondary N) is 1. The van der Waals surface area contributed by atoms with Crippen LogP contribution in [0.2, 0.25) is 0 Å². The van der Waals surface area contributed by atoms with Crippen molar-refractivity contribution in [3.63, 3.8) is 0 Å². The molecular formula is C20H19F4N3O3. The third-order valence-electron chi connectivity index (χ3n) is 4.49. The molecule has 2 amide bonds. The van der Waals surface area contributed by atoms with Gasteiger partial charge in [0.15, 0.2) is 0 Å². The minimum Gasteiger partial charge on any atom is -0.406 e. The van der Waals surface area contributed by atoms with Gasteiger partial charge in [-0.05, 0) is 48.5 Å². The van der Waals surface area contributed by atoms with Gasteiger partial charge in [0.2, 0.25) is 5.91 Å². The molecule has 1 saturated heterocycles. The first-order valence-corrected chi connectivity index (χ1v) is 9.12. The summed E-state index contributed by atoms with van der Waals surface area (Å²) in [5.74, 6) is -1.34. The molecule has 0 bridgehead atoms. The maximum Gasteiger partial charge on any atom is 0.573 e. The van der Waals surface area contributed by atoms with Gasteiger partial charge in [-0.25, -0.2) is 4.39 Å². The minimum atomic E-state index is -4.79. The maximum atomic E-state index is 12.9. The Bertz CT molecular complexity index is 878. The summed E-state index contributed by atoms with van der Waals surface area (Å²) in [6.45, 7) is 1.82. The highest BCUT2D eigenvalue weighted by atomic mass is 19.4. The SMILES string of the molecule is O=C(CN1CCN(C(=O)c2ccc(OC(F)(F)F)cc2)CC1)Nc1ccc(F)cc1. The van der Waals surface area contributed by atoms with Crippen molar-refractivity contribution in [1.82, 2.24) is 9.80 Å². The van der Waals surface area contributed by atoms with Crippen LogP contribution in [0.3, 0.4) is 0 Å². The number of alkyl halides is 3. The van der Waals surface area contributed by atoms with Gasteiger partial charge in [-0.3, -0.25) is 14.5 Å². The summed E-state index contributed by atoms with van der Waals surface area (Å²) in [4.78, 5) is 28.1. The fraction of sp³-hybridized carbons (Fsp3) is 0.300. The Hall–Kier alpha value is -3.14. The molecule has 1 heterocycles. The first-order valence-electron chi connectivity index (χ1n) is 9.12. The molecule has 1 N–H and O–H groups in total. The molecule has 3 rings (SSSR count). The molecule has 30 heavy (non-hydrogen) atoms. The van der Waals surface area contributed by atoms with Gasteiger partial charge in [0.25, 0.3) is 5.91 Å². The van der Waals surface area contributed by atoms with Crippen molar-refractivity contribution < 1.29 is 31.9 Å². The molecule has 1 fully saturated rings. The second kappa shape index (κ2) is 9.12. The lowest BCUT2D eigenvalue weighted by atomic mass is 10.1. The molecule has 0 aromatic heterocycles. The van der Waals surface area contributed by atoms with E-state index in [0.29, 0.717) is 31.9 Å². The summed E-state index contributed by atoms with van der Waals surface area (Å²) in [5, 5.41) is 2.68. The zero-order valence-corrected chi connectivity index (χ0v) is 15.8. The number of amides is 2. The summed E-state index contributed by atoms with van der Waals surface area (Å²) < 4.78 is 53.3. The Morgan fingerprint density at radius 1 is 0.933 bits per heavy atom. The molecule has 0 unspecified atom stereocenters. The van der Waals surface area contributed by atoms with E-state index in [1.165, 1.54) is 36.4 Å². The number of piperazine rings is 1. The van der Waals surface area contributed by atoms with Gasteiger partial charge in [0, 0.05) is 37.4 Å². The van der Waals surface area contributed by atoms with Gasteiger partial charge < -0.3 is 15.0 Å². The molecule has 2 aromatic rings. The van der Waals surface area contributed by atoms with Crippen molar-refractivity contribution in [1.29, 1.82) is 0 Å². The molecule has 2 aromatic carbocycles. The smallest absolute Gasteiger partial charge is 0.406 e. The maximum absolute atomic E-state index is 12.9. The van der Waals surface area contributed by atoms with Gasteiger partial charge in [-0.2, -0.15) is 0 Å². The summed E-state index contributed by atoms with van der Waals surface area (Å²) in [7, 11) is 0. The Morgan fingerprint density at radius 2 is 1.53 bits per heavy atom. The molecule has 6 nitrogen and oxygen atoms in total. The molecule has 0 atom stereocenters. The van der Waals surface area contributed by atoms with Crippen molar-refractivity contribution in [2.75, 3.05) is 38.0 Å². The fourth-order valence-corrected chi connectivity index (χ4v) is 3.03. The van der Waals surface area contributed by atoms with Gasteiger partial charge >= 0.3 is 6.36 Å². The number of anilines is 1. The Kier molecular flexibility index (Phi) is 6.56. The number of halogens is 4. The van der Waals surface area contributed by atoms with Crippen molar-refractivity contribution in [2.45, 2.75) is 6.36 Å². The third-order valence-corrected chi connectivity index (χ3v) is 4.49. The van der Waals surface area contributed by atoms with Crippen molar-refractivity contribution in [2.24, 2.45) is 0 Å². The number of carbonyl (C=O) groups is 2. The molecule has 0 aliphatic carbocycles. The van der Waals surface area contributed by atoms with Crippen LogP contribution in [0.1, 0.15) is 10.4 Å². The van der Waals surface area contributed by atoms with E-state index in [4.69, 9.17) is 0 Å². The number of ether oxygens (including phenoxy) is 1. The minimum absolute atomic E-state index is 0.128. The standard InChI is InChI=1S/C20H19F4N3O3/c21-15-3-5-16(6-4-15)25-18(28)13-26-9-11-27(12-10-26)19(29)14-1-7-17(8-2-14)30-20(22,23)24/h1-8H,9-13H2,(H,25,28). The van der Waals surface area contributed by atoms with Crippen molar-refractivity contribution >= 4 is 17.5 Å². The first-order chi connectivity index (χ1) is 14.2. The topological polar surface area (TPSA) is 61.9 Å². The summed E-state index contributed by atoms with van der Waals surface area (Å²) in [5.41, 5.74) is 0.750. The van der Waals surface area contributed by atoms with Gasteiger partial charge in [0.1, 0.15) is 11.6 Å². The average Bonchev–Trinajstić information content (AvgIpc) is 2.69. The van der Waals surface area contributed by atoms with E-state index in [1.54, 1.807) is 4.90 Å². The second-order valence-electron chi connectivity index (χ2n) is 6.70. The normalized spacial score (nSPS) is 15.0. The highest BCUT2D eigenvalue weighted by Gasteiger charge is 2.31. The van der Waals surface area contributed by atoms with Gasteiger partial charge in [0.05, 0.1) is 6.54 Å². The van der Waals surface area contributed by atoms with Crippen LogP contribution in [0.4, 0.5) is 23.2 Å². The van der Waals surface area contributed by atoms with Gasteiger partial charge in [-0.1, -0.05) is 0 Å². The molecular weight excluding hydrogens is 406 g/mol. The fourth-order valence-electron chi connectivity index (χ4n) is 3.03. The third kappa shape index (κ3) is 6.18. The van der Waals surface area contributed by atoms with Crippen molar-refractivity contribution in [3.8, 4) is 5.75 Å². The summed E-state index contributed by atoms with van der Waals surface area (Å²) >= 11 is 0. The van der Waals surface area contributed by atoms with Crippen LogP contribution in [0.5, 0.6) is 5.75 Å². The lowest BCUT2D eigenvalue weighted by Gasteiger charge is -2.34. The van der Waals surface area contributed by atoms with E-state index in [2.05, 4.69) is 10.1 Å². The predicted octanol–water partition coefficient (Wildman–Crippen LogP) is 3.12. The summed E-state index contributed by atoms with van der Waals surface area (Å²) in [6.07, 6.45) is -4.79. The van der Waals surface area contributed by atoms with E-state index < -0.39 is 17.9 Å². The van der Waals surface area contributed by atoms with E-state index >= 15 is 0 Å². The number of rotatable bonds is 5.